The molecule has 1 unspecified atom stereocenters. The van der Waals surface area contributed by atoms with Crippen molar-refractivity contribution in [3.8, 4) is 0 Å². The Morgan fingerprint density at radius 1 is 1.03 bits per heavy atom. The molecule has 0 aliphatic carbocycles. The van der Waals surface area contributed by atoms with Crippen LogP contribution in [0.1, 0.15) is 55.3 Å². The molecule has 7 nitrogen and oxygen atoms in total. The van der Waals surface area contributed by atoms with Crippen LogP contribution < -0.4 is 10.6 Å². The fourth-order valence-electron chi connectivity index (χ4n) is 6.60. The maximum absolute atomic E-state index is 13.9. The van der Waals surface area contributed by atoms with E-state index in [-0.39, 0.29) is 23.4 Å². The average Bonchev–Trinajstić information content (AvgIpc) is 3.37. The first-order valence-corrected chi connectivity index (χ1v) is 14.8. The zero-order valence-electron chi connectivity index (χ0n) is 23.3. The molecular formula is C31H42ClN5O2. The van der Waals surface area contributed by atoms with E-state index in [1.807, 2.05) is 41.3 Å². The molecule has 8 heteroatoms. The summed E-state index contributed by atoms with van der Waals surface area (Å²) in [6, 6.07) is 15.1. The van der Waals surface area contributed by atoms with E-state index < -0.39 is 6.04 Å². The first-order valence-electron chi connectivity index (χ1n) is 14.4. The molecular weight excluding hydrogens is 510 g/mol. The van der Waals surface area contributed by atoms with Crippen molar-refractivity contribution in [3.05, 3.63) is 70.2 Å². The van der Waals surface area contributed by atoms with Gasteiger partial charge in [0.1, 0.15) is 6.04 Å². The van der Waals surface area contributed by atoms with E-state index in [1.54, 1.807) is 0 Å². The molecule has 0 radical (unpaired) electrons. The topological polar surface area (TPSA) is 67.9 Å². The van der Waals surface area contributed by atoms with Crippen LogP contribution in [0.15, 0.2) is 48.5 Å². The number of carbonyl (C=O) groups excluding carboxylic acids is 2. The van der Waals surface area contributed by atoms with Gasteiger partial charge in [0, 0.05) is 62.2 Å². The second-order valence-corrected chi connectivity index (χ2v) is 11.9. The molecule has 2 amide bonds. The summed E-state index contributed by atoms with van der Waals surface area (Å²) in [6.45, 7) is 8.48. The molecule has 2 saturated heterocycles. The Bertz CT molecular complexity index is 1140. The van der Waals surface area contributed by atoms with Crippen molar-refractivity contribution in [1.82, 2.24) is 25.3 Å². The number of piperidine rings is 1. The number of rotatable bonds is 8. The maximum Gasteiger partial charge on any atom is 0.245 e. The van der Waals surface area contributed by atoms with Crippen molar-refractivity contribution < 1.29 is 9.59 Å². The van der Waals surface area contributed by atoms with Crippen LogP contribution in [0.5, 0.6) is 0 Å². The van der Waals surface area contributed by atoms with Gasteiger partial charge < -0.3 is 20.4 Å². The highest BCUT2D eigenvalue weighted by atomic mass is 35.5. The van der Waals surface area contributed by atoms with E-state index >= 15 is 0 Å². The Morgan fingerprint density at radius 2 is 1.72 bits per heavy atom. The fraction of sp³-hybridized carbons (Fsp3) is 0.548. The number of carbonyl (C=O) groups is 2. The van der Waals surface area contributed by atoms with Crippen molar-refractivity contribution in [2.75, 3.05) is 46.3 Å². The molecule has 3 aliphatic rings. The average molecular weight is 552 g/mol. The van der Waals surface area contributed by atoms with E-state index in [0.29, 0.717) is 31.0 Å². The van der Waals surface area contributed by atoms with Crippen molar-refractivity contribution in [2.45, 2.75) is 63.2 Å². The first-order chi connectivity index (χ1) is 18.9. The lowest BCUT2D eigenvalue weighted by atomic mass is 9.83. The number of fused-ring (bicyclic) bond motifs is 1. The predicted octanol–water partition coefficient (Wildman–Crippen LogP) is 3.62. The van der Waals surface area contributed by atoms with E-state index in [9.17, 15) is 9.59 Å². The van der Waals surface area contributed by atoms with Crippen LogP contribution in [-0.4, -0.2) is 84.4 Å². The van der Waals surface area contributed by atoms with Crippen molar-refractivity contribution in [2.24, 2.45) is 0 Å². The Morgan fingerprint density at radius 3 is 2.41 bits per heavy atom. The molecule has 3 aliphatic heterocycles. The molecule has 0 saturated carbocycles. The van der Waals surface area contributed by atoms with E-state index in [2.05, 4.69) is 46.5 Å². The summed E-state index contributed by atoms with van der Waals surface area (Å²) >= 11 is 6.10. The lowest BCUT2D eigenvalue weighted by molar-refractivity contribution is -0.139. The summed E-state index contributed by atoms with van der Waals surface area (Å²) in [5.41, 5.74) is 3.63. The standard InChI is InChI=1S/C31H42ClN5O2/c1-3-31(12-14-35(2)15-13-31)37-18-16-36(17-19-37)30(39)28(20-23-8-10-25(32)11-9-23)34-29(38)21-27-26-7-5-4-6-24(26)22-33-27/h4-11,27-28,33H,3,12-22H2,1-2H3,(H,34,38)/t27?,28-/m1/s1. The van der Waals surface area contributed by atoms with Crippen LogP contribution >= 0.6 is 11.6 Å². The molecule has 0 aromatic heterocycles. The van der Waals surface area contributed by atoms with Gasteiger partial charge in [-0.15, -0.1) is 0 Å². The first kappa shape index (κ1) is 28.1. The molecule has 5 rings (SSSR count). The van der Waals surface area contributed by atoms with E-state index in [0.717, 1.165) is 44.7 Å². The molecule has 39 heavy (non-hydrogen) atoms. The van der Waals surface area contributed by atoms with Gasteiger partial charge in [0.2, 0.25) is 11.8 Å². The monoisotopic (exact) mass is 551 g/mol. The molecule has 0 spiro atoms. The van der Waals surface area contributed by atoms with Gasteiger partial charge in [0.15, 0.2) is 0 Å². The highest BCUT2D eigenvalue weighted by molar-refractivity contribution is 6.30. The van der Waals surface area contributed by atoms with Gasteiger partial charge in [-0.25, -0.2) is 0 Å². The number of halogens is 1. The van der Waals surface area contributed by atoms with Gasteiger partial charge in [-0.1, -0.05) is 54.9 Å². The molecule has 2 atom stereocenters. The molecule has 2 fully saturated rings. The highest BCUT2D eigenvalue weighted by Crippen LogP contribution is 2.33. The van der Waals surface area contributed by atoms with Gasteiger partial charge >= 0.3 is 0 Å². The minimum atomic E-state index is -0.606. The molecule has 210 valence electrons. The number of amides is 2. The van der Waals surface area contributed by atoms with Crippen LogP contribution in [0.2, 0.25) is 5.02 Å². The normalized spacial score (nSPS) is 22.3. The molecule has 2 aromatic rings. The van der Waals surface area contributed by atoms with Gasteiger partial charge in [-0.2, -0.15) is 0 Å². The third-order valence-electron chi connectivity index (χ3n) is 9.18. The lowest BCUT2D eigenvalue weighted by Crippen LogP contribution is -2.62. The van der Waals surface area contributed by atoms with Crippen LogP contribution in [0.25, 0.3) is 0 Å². The Labute approximate surface area is 237 Å². The summed E-state index contributed by atoms with van der Waals surface area (Å²) in [4.78, 5) is 34.1. The minimum Gasteiger partial charge on any atom is -0.344 e. The summed E-state index contributed by atoms with van der Waals surface area (Å²) < 4.78 is 0. The number of likely N-dealkylation sites (tertiary alicyclic amines) is 1. The SMILES string of the molecule is CCC1(N2CCN(C(=O)[C@@H](Cc3ccc(Cl)cc3)NC(=O)CC3NCc4ccccc43)CC2)CCN(C)CC1. The van der Waals surface area contributed by atoms with E-state index in [1.165, 1.54) is 24.0 Å². The number of hydrogen-bond donors (Lipinski definition) is 2. The maximum atomic E-state index is 13.9. The minimum absolute atomic E-state index is 0.00616. The third-order valence-corrected chi connectivity index (χ3v) is 9.44. The molecule has 0 bridgehead atoms. The van der Waals surface area contributed by atoms with Crippen molar-refractivity contribution in [3.63, 3.8) is 0 Å². The number of benzene rings is 2. The summed E-state index contributed by atoms with van der Waals surface area (Å²) in [6.07, 6.45) is 4.26. The Balaban J connectivity index is 1.24. The molecule has 3 heterocycles. The lowest BCUT2D eigenvalue weighted by Gasteiger charge is -2.51. The third kappa shape index (κ3) is 6.49. The predicted molar refractivity (Wildman–Crippen MR) is 156 cm³/mol. The summed E-state index contributed by atoms with van der Waals surface area (Å²) in [7, 11) is 2.20. The highest BCUT2D eigenvalue weighted by Gasteiger charge is 2.40. The largest absolute Gasteiger partial charge is 0.344 e. The quantitative estimate of drug-likeness (QED) is 0.524. The molecule has 2 aromatic carbocycles. The smallest absolute Gasteiger partial charge is 0.245 e. The second-order valence-electron chi connectivity index (χ2n) is 11.5. The molecule has 2 N–H and O–H groups in total. The zero-order valence-corrected chi connectivity index (χ0v) is 24.1. The van der Waals surface area contributed by atoms with Crippen molar-refractivity contribution in [1.29, 1.82) is 0 Å². The van der Waals surface area contributed by atoms with Crippen LogP contribution in [-0.2, 0) is 22.6 Å². The van der Waals surface area contributed by atoms with Crippen LogP contribution in [0.4, 0.5) is 0 Å². The number of nitrogens with one attached hydrogen (secondary N) is 2. The van der Waals surface area contributed by atoms with Crippen molar-refractivity contribution >= 4 is 23.4 Å². The number of piperazine rings is 1. The zero-order chi connectivity index (χ0) is 27.4. The van der Waals surface area contributed by atoms with Gasteiger partial charge in [0.25, 0.3) is 0 Å². The Hall–Kier alpha value is -2.45. The van der Waals surface area contributed by atoms with Crippen LogP contribution in [0.3, 0.4) is 0 Å². The summed E-state index contributed by atoms with van der Waals surface area (Å²) in [5.74, 6) is -0.0990. The van der Waals surface area contributed by atoms with Gasteiger partial charge in [0.05, 0.1) is 0 Å². The Kier molecular flexibility index (Phi) is 8.92. The fourth-order valence-corrected chi connectivity index (χ4v) is 6.73. The van der Waals surface area contributed by atoms with Gasteiger partial charge in [-0.05, 0) is 68.2 Å². The second kappa shape index (κ2) is 12.4. The number of hydrogen-bond acceptors (Lipinski definition) is 5. The van der Waals surface area contributed by atoms with Gasteiger partial charge in [-0.3, -0.25) is 14.5 Å². The number of nitrogens with zero attached hydrogens (tertiary/aromatic N) is 3. The van der Waals surface area contributed by atoms with Crippen LogP contribution in [0, 0.1) is 0 Å². The summed E-state index contributed by atoms with van der Waals surface area (Å²) in [5, 5.41) is 7.21. The van der Waals surface area contributed by atoms with E-state index in [4.69, 9.17) is 11.6 Å².